The van der Waals surface area contributed by atoms with Gasteiger partial charge in [0, 0.05) is 13.1 Å². The molecule has 0 aliphatic carbocycles. The quantitative estimate of drug-likeness (QED) is 0.795. The van der Waals surface area contributed by atoms with Crippen LogP contribution < -0.4 is 5.73 Å². The Morgan fingerprint density at radius 3 is 2.53 bits per heavy atom. The number of sulfonamides is 1. The van der Waals surface area contributed by atoms with Gasteiger partial charge in [-0.15, -0.1) is 0 Å². The van der Waals surface area contributed by atoms with Crippen LogP contribution in [0, 0.1) is 13.8 Å². The van der Waals surface area contributed by atoms with E-state index in [-0.39, 0.29) is 17.1 Å². The molecule has 6 heteroatoms. The summed E-state index contributed by atoms with van der Waals surface area (Å²) in [4.78, 5) is 0.171. The summed E-state index contributed by atoms with van der Waals surface area (Å²) in [6, 6.07) is 3.42. The SMILES string of the molecule is Cc1ccc(N)c(S(=O)(=O)N2CCC(C)(O)C2)c1C. The minimum Gasteiger partial charge on any atom is -0.398 e. The molecule has 0 aromatic heterocycles. The Bertz CT molecular complexity index is 609. The topological polar surface area (TPSA) is 83.6 Å². The number of hydrogen-bond donors (Lipinski definition) is 2. The molecule has 0 spiro atoms. The van der Waals surface area contributed by atoms with Crippen molar-refractivity contribution in [3.63, 3.8) is 0 Å². The molecule has 1 aromatic carbocycles. The second-order valence-electron chi connectivity index (χ2n) is 5.51. The van der Waals surface area contributed by atoms with E-state index in [1.165, 1.54) is 4.31 Å². The van der Waals surface area contributed by atoms with E-state index in [2.05, 4.69) is 0 Å². The fraction of sp³-hybridized carbons (Fsp3) is 0.538. The largest absolute Gasteiger partial charge is 0.398 e. The molecule has 1 aliphatic rings. The fourth-order valence-corrected chi connectivity index (χ4v) is 4.34. The first-order valence-corrected chi connectivity index (χ1v) is 7.67. The number of aryl methyl sites for hydroxylation is 1. The molecular weight excluding hydrogens is 264 g/mol. The molecule has 5 nitrogen and oxygen atoms in total. The molecule has 1 fully saturated rings. The molecule has 3 N–H and O–H groups in total. The summed E-state index contributed by atoms with van der Waals surface area (Å²) >= 11 is 0. The Labute approximate surface area is 114 Å². The molecular formula is C13H20N2O3S. The van der Waals surface area contributed by atoms with Gasteiger partial charge < -0.3 is 10.8 Å². The number of rotatable bonds is 2. The van der Waals surface area contributed by atoms with Gasteiger partial charge in [0.15, 0.2) is 0 Å². The molecule has 1 aliphatic heterocycles. The van der Waals surface area contributed by atoms with Gasteiger partial charge >= 0.3 is 0 Å². The van der Waals surface area contributed by atoms with Crippen molar-refractivity contribution in [2.75, 3.05) is 18.8 Å². The van der Waals surface area contributed by atoms with E-state index >= 15 is 0 Å². The van der Waals surface area contributed by atoms with Crippen LogP contribution in [0.4, 0.5) is 5.69 Å². The average Bonchev–Trinajstić information content (AvgIpc) is 2.65. The number of anilines is 1. The van der Waals surface area contributed by atoms with Crippen LogP contribution >= 0.6 is 0 Å². The normalized spacial score (nSPS) is 24.8. The standard InChI is InChI=1S/C13H20N2O3S/c1-9-4-5-11(14)12(10(9)2)19(17,18)15-7-6-13(3,16)8-15/h4-5,16H,6-8,14H2,1-3H3. The van der Waals surface area contributed by atoms with Crippen LogP contribution in [0.2, 0.25) is 0 Å². The van der Waals surface area contributed by atoms with E-state index in [1.54, 1.807) is 19.9 Å². The summed E-state index contributed by atoms with van der Waals surface area (Å²) in [6.07, 6.45) is 0.441. The van der Waals surface area contributed by atoms with Crippen molar-refractivity contribution in [1.29, 1.82) is 0 Å². The molecule has 1 atom stereocenters. The van der Waals surface area contributed by atoms with Crippen molar-refractivity contribution in [3.8, 4) is 0 Å². The Morgan fingerprint density at radius 1 is 1.37 bits per heavy atom. The van der Waals surface area contributed by atoms with Gasteiger partial charge in [0.05, 0.1) is 11.3 Å². The van der Waals surface area contributed by atoms with Crippen molar-refractivity contribution in [3.05, 3.63) is 23.3 Å². The maximum absolute atomic E-state index is 12.7. The van der Waals surface area contributed by atoms with Gasteiger partial charge in [-0.3, -0.25) is 0 Å². The molecule has 19 heavy (non-hydrogen) atoms. The maximum Gasteiger partial charge on any atom is 0.245 e. The Hall–Kier alpha value is -1.11. The van der Waals surface area contributed by atoms with E-state index in [4.69, 9.17) is 5.73 Å². The zero-order valence-electron chi connectivity index (χ0n) is 11.5. The highest BCUT2D eigenvalue weighted by molar-refractivity contribution is 7.89. The number of nitrogen functional groups attached to an aromatic ring is 1. The first-order valence-electron chi connectivity index (χ1n) is 6.23. The van der Waals surface area contributed by atoms with E-state index in [0.717, 1.165) is 5.56 Å². The summed E-state index contributed by atoms with van der Waals surface area (Å²) < 4.78 is 26.6. The van der Waals surface area contributed by atoms with Crippen LogP contribution in [0.15, 0.2) is 17.0 Å². The lowest BCUT2D eigenvalue weighted by molar-refractivity contribution is 0.0762. The lowest BCUT2D eigenvalue weighted by Crippen LogP contribution is -2.34. The Balaban J connectivity index is 2.50. The average molecular weight is 284 g/mol. The predicted octanol–water partition coefficient (Wildman–Crippen LogP) is 1.03. The third kappa shape index (κ3) is 2.48. The van der Waals surface area contributed by atoms with Gasteiger partial charge in [-0.2, -0.15) is 4.31 Å². The number of aliphatic hydroxyl groups is 1. The second-order valence-corrected chi connectivity index (χ2v) is 7.39. The minimum absolute atomic E-state index is 0.113. The lowest BCUT2D eigenvalue weighted by Gasteiger charge is -2.21. The molecule has 2 rings (SSSR count). The van der Waals surface area contributed by atoms with E-state index in [1.807, 2.05) is 13.0 Å². The van der Waals surface area contributed by atoms with Crippen molar-refractivity contribution in [1.82, 2.24) is 4.31 Å². The highest BCUT2D eigenvalue weighted by Crippen LogP contribution is 2.32. The van der Waals surface area contributed by atoms with E-state index in [0.29, 0.717) is 18.5 Å². The van der Waals surface area contributed by atoms with Gasteiger partial charge in [-0.05, 0) is 44.4 Å². The molecule has 1 aromatic rings. The third-order valence-electron chi connectivity index (χ3n) is 3.72. The summed E-state index contributed by atoms with van der Waals surface area (Å²) in [5.74, 6) is 0. The highest BCUT2D eigenvalue weighted by atomic mass is 32.2. The van der Waals surface area contributed by atoms with Gasteiger partial charge in [0.1, 0.15) is 4.90 Å². The summed E-state index contributed by atoms with van der Waals surface area (Å²) in [5.41, 5.74) is 6.70. The van der Waals surface area contributed by atoms with Gasteiger partial charge in [0.25, 0.3) is 0 Å². The molecule has 1 heterocycles. The van der Waals surface area contributed by atoms with Crippen LogP contribution in [0.5, 0.6) is 0 Å². The van der Waals surface area contributed by atoms with Crippen molar-refractivity contribution in [2.24, 2.45) is 0 Å². The third-order valence-corrected chi connectivity index (χ3v) is 5.77. The second kappa shape index (κ2) is 4.47. The molecule has 0 saturated carbocycles. The van der Waals surface area contributed by atoms with Gasteiger partial charge in [-0.1, -0.05) is 6.07 Å². The van der Waals surface area contributed by atoms with Crippen LogP contribution in [0.25, 0.3) is 0 Å². The fourth-order valence-electron chi connectivity index (χ4n) is 2.39. The molecule has 1 unspecified atom stereocenters. The first kappa shape index (κ1) is 14.3. The van der Waals surface area contributed by atoms with Gasteiger partial charge in [0.2, 0.25) is 10.0 Å². The summed E-state index contributed by atoms with van der Waals surface area (Å²) in [5, 5.41) is 9.93. The highest BCUT2D eigenvalue weighted by Gasteiger charge is 2.39. The number of hydrogen-bond acceptors (Lipinski definition) is 4. The van der Waals surface area contributed by atoms with Crippen molar-refractivity contribution >= 4 is 15.7 Å². The molecule has 1 saturated heterocycles. The predicted molar refractivity (Wildman–Crippen MR) is 74.3 cm³/mol. The van der Waals surface area contributed by atoms with Crippen LogP contribution in [-0.4, -0.2) is 36.5 Å². The van der Waals surface area contributed by atoms with Crippen molar-refractivity contribution in [2.45, 2.75) is 37.7 Å². The molecule has 0 amide bonds. The smallest absolute Gasteiger partial charge is 0.245 e. The Morgan fingerprint density at radius 2 is 2.00 bits per heavy atom. The number of nitrogens with zero attached hydrogens (tertiary/aromatic N) is 1. The summed E-state index contributed by atoms with van der Waals surface area (Å²) in [6.45, 7) is 5.69. The summed E-state index contributed by atoms with van der Waals surface area (Å²) in [7, 11) is -3.65. The van der Waals surface area contributed by atoms with E-state index in [9.17, 15) is 13.5 Å². The number of β-amino-alcohol motifs (C(OH)–C–C–N with tert-alkyl or cyclic N) is 1. The number of nitrogens with two attached hydrogens (primary N) is 1. The van der Waals surface area contributed by atoms with Gasteiger partial charge in [-0.25, -0.2) is 8.42 Å². The maximum atomic E-state index is 12.7. The van der Waals surface area contributed by atoms with Crippen LogP contribution in [-0.2, 0) is 10.0 Å². The monoisotopic (exact) mass is 284 g/mol. The lowest BCUT2D eigenvalue weighted by atomic mass is 10.1. The van der Waals surface area contributed by atoms with Crippen LogP contribution in [0.1, 0.15) is 24.5 Å². The zero-order chi connectivity index (χ0) is 14.4. The molecule has 0 radical (unpaired) electrons. The zero-order valence-corrected chi connectivity index (χ0v) is 12.3. The van der Waals surface area contributed by atoms with Crippen LogP contribution in [0.3, 0.4) is 0 Å². The van der Waals surface area contributed by atoms with E-state index < -0.39 is 15.6 Å². The molecule has 0 bridgehead atoms. The Kier molecular flexibility index (Phi) is 3.36. The first-order chi connectivity index (χ1) is 8.65. The van der Waals surface area contributed by atoms with Crippen molar-refractivity contribution < 1.29 is 13.5 Å². The molecule has 106 valence electrons. The number of benzene rings is 1. The minimum atomic E-state index is -3.65.